The first-order chi connectivity index (χ1) is 9.01. The Labute approximate surface area is 120 Å². The summed E-state index contributed by atoms with van der Waals surface area (Å²) in [5, 5.41) is 0. The Hall–Kier alpha value is -1.53. The molecular weight excluding hydrogens is 330 g/mol. The molecular formula is C13H12BrNO3S. The Morgan fingerprint density at radius 2 is 1.79 bits per heavy atom. The minimum Gasteiger partial charge on any atom is -0.497 e. The van der Waals surface area contributed by atoms with E-state index in [9.17, 15) is 8.42 Å². The number of methoxy groups -OCH3 is 1. The molecule has 0 bridgehead atoms. The molecule has 0 unspecified atom stereocenters. The van der Waals surface area contributed by atoms with Crippen molar-refractivity contribution < 1.29 is 13.2 Å². The van der Waals surface area contributed by atoms with Crippen molar-refractivity contribution >= 4 is 31.6 Å². The van der Waals surface area contributed by atoms with E-state index in [1.807, 2.05) is 6.07 Å². The molecule has 0 radical (unpaired) electrons. The number of anilines is 1. The minimum absolute atomic E-state index is 0.188. The molecule has 2 aromatic carbocycles. The smallest absolute Gasteiger partial charge is 0.261 e. The Bertz CT molecular complexity index is 669. The van der Waals surface area contributed by atoms with E-state index < -0.39 is 10.0 Å². The normalized spacial score (nSPS) is 11.1. The molecule has 4 nitrogen and oxygen atoms in total. The van der Waals surface area contributed by atoms with E-state index in [0.29, 0.717) is 11.4 Å². The van der Waals surface area contributed by atoms with E-state index in [1.54, 1.807) is 30.3 Å². The summed E-state index contributed by atoms with van der Waals surface area (Å²) in [5.74, 6) is 0.612. The molecule has 0 heterocycles. The molecule has 0 amide bonds. The fourth-order valence-corrected chi connectivity index (χ4v) is 2.97. The lowest BCUT2D eigenvalue weighted by Gasteiger charge is -2.08. The number of nitrogens with one attached hydrogen (secondary N) is 1. The van der Waals surface area contributed by atoms with Gasteiger partial charge in [0, 0.05) is 10.2 Å². The molecule has 2 aromatic rings. The predicted octanol–water partition coefficient (Wildman–Crippen LogP) is 3.26. The summed E-state index contributed by atoms with van der Waals surface area (Å²) in [5.41, 5.74) is 0.505. The molecule has 2 rings (SSSR count). The Morgan fingerprint density at radius 3 is 2.37 bits per heavy atom. The van der Waals surface area contributed by atoms with Gasteiger partial charge >= 0.3 is 0 Å². The number of rotatable bonds is 4. The lowest BCUT2D eigenvalue weighted by Crippen LogP contribution is -2.12. The number of ether oxygens (including phenoxy) is 1. The van der Waals surface area contributed by atoms with Crippen LogP contribution in [0, 0.1) is 0 Å². The van der Waals surface area contributed by atoms with Crippen molar-refractivity contribution in [1.82, 2.24) is 0 Å². The average Bonchev–Trinajstić information content (AvgIpc) is 2.38. The Morgan fingerprint density at radius 1 is 1.11 bits per heavy atom. The van der Waals surface area contributed by atoms with Gasteiger partial charge in [-0.2, -0.15) is 0 Å². The molecule has 0 spiro atoms. The highest BCUT2D eigenvalue weighted by atomic mass is 79.9. The highest BCUT2D eigenvalue weighted by Gasteiger charge is 2.14. The molecule has 0 fully saturated rings. The van der Waals surface area contributed by atoms with Crippen molar-refractivity contribution in [3.63, 3.8) is 0 Å². The third-order valence-electron chi connectivity index (χ3n) is 2.45. The first kappa shape index (κ1) is 13.9. The number of benzene rings is 2. The lowest BCUT2D eigenvalue weighted by molar-refractivity contribution is 0.414. The lowest BCUT2D eigenvalue weighted by atomic mass is 10.3. The van der Waals surface area contributed by atoms with Crippen molar-refractivity contribution in [2.75, 3.05) is 11.8 Å². The van der Waals surface area contributed by atoms with E-state index in [0.717, 1.165) is 4.47 Å². The molecule has 0 aliphatic carbocycles. The van der Waals surface area contributed by atoms with Crippen molar-refractivity contribution in [2.24, 2.45) is 0 Å². The molecule has 0 aliphatic heterocycles. The Kier molecular flexibility index (Phi) is 4.11. The molecule has 100 valence electrons. The van der Waals surface area contributed by atoms with Crippen molar-refractivity contribution in [1.29, 1.82) is 0 Å². The van der Waals surface area contributed by atoms with E-state index >= 15 is 0 Å². The van der Waals surface area contributed by atoms with Crippen molar-refractivity contribution in [2.45, 2.75) is 4.90 Å². The van der Waals surface area contributed by atoms with Gasteiger partial charge in [0.05, 0.1) is 12.0 Å². The van der Waals surface area contributed by atoms with E-state index in [-0.39, 0.29) is 4.90 Å². The zero-order chi connectivity index (χ0) is 13.9. The van der Waals surface area contributed by atoms with Crippen LogP contribution in [0.3, 0.4) is 0 Å². The van der Waals surface area contributed by atoms with Gasteiger partial charge in [-0.15, -0.1) is 0 Å². The molecule has 6 heteroatoms. The largest absolute Gasteiger partial charge is 0.497 e. The predicted molar refractivity (Wildman–Crippen MR) is 77.9 cm³/mol. The molecule has 0 saturated carbocycles. The maximum atomic E-state index is 12.1. The highest BCUT2D eigenvalue weighted by Crippen LogP contribution is 2.21. The number of halogens is 1. The van der Waals surface area contributed by atoms with Crippen LogP contribution in [0.2, 0.25) is 0 Å². The summed E-state index contributed by atoms with van der Waals surface area (Å²) < 4.78 is 32.6. The van der Waals surface area contributed by atoms with Gasteiger partial charge in [0.1, 0.15) is 5.75 Å². The summed E-state index contributed by atoms with van der Waals surface area (Å²) in [6.07, 6.45) is 0. The summed E-state index contributed by atoms with van der Waals surface area (Å²) in [6, 6.07) is 13.2. The van der Waals surface area contributed by atoms with Crippen LogP contribution in [0.5, 0.6) is 5.75 Å². The summed E-state index contributed by atoms with van der Waals surface area (Å²) in [4.78, 5) is 0.188. The van der Waals surface area contributed by atoms with Gasteiger partial charge < -0.3 is 4.74 Å². The fourth-order valence-electron chi connectivity index (χ4n) is 1.52. The molecule has 0 aliphatic rings. The van der Waals surface area contributed by atoms with Gasteiger partial charge in [0.2, 0.25) is 0 Å². The number of sulfonamides is 1. The van der Waals surface area contributed by atoms with Crippen LogP contribution in [0.1, 0.15) is 0 Å². The highest BCUT2D eigenvalue weighted by molar-refractivity contribution is 9.10. The van der Waals surface area contributed by atoms with Crippen LogP contribution in [-0.2, 0) is 10.0 Å². The minimum atomic E-state index is -3.58. The van der Waals surface area contributed by atoms with Crippen LogP contribution in [0.25, 0.3) is 0 Å². The maximum absolute atomic E-state index is 12.1. The van der Waals surface area contributed by atoms with Gasteiger partial charge in [0.25, 0.3) is 10.0 Å². The monoisotopic (exact) mass is 341 g/mol. The van der Waals surface area contributed by atoms with Crippen molar-refractivity contribution in [3.8, 4) is 5.75 Å². The van der Waals surface area contributed by atoms with E-state index in [2.05, 4.69) is 20.7 Å². The third kappa shape index (κ3) is 3.48. The van der Waals surface area contributed by atoms with E-state index in [1.165, 1.54) is 19.2 Å². The van der Waals surface area contributed by atoms with Crippen LogP contribution in [0.4, 0.5) is 5.69 Å². The molecule has 19 heavy (non-hydrogen) atoms. The standard InChI is InChI=1S/C13H12BrNO3S/c1-18-12-5-7-13(8-6-12)19(16,17)15-11-4-2-3-10(14)9-11/h2-9,15H,1H3. The van der Waals surface area contributed by atoms with Crippen LogP contribution in [-0.4, -0.2) is 15.5 Å². The van der Waals surface area contributed by atoms with E-state index in [4.69, 9.17) is 4.74 Å². The SMILES string of the molecule is COc1ccc(S(=O)(=O)Nc2cccc(Br)c2)cc1. The first-order valence-corrected chi connectivity index (χ1v) is 7.71. The molecule has 1 N–H and O–H groups in total. The average molecular weight is 342 g/mol. The molecule has 0 aromatic heterocycles. The third-order valence-corrected chi connectivity index (χ3v) is 4.34. The number of hydrogen-bond donors (Lipinski definition) is 1. The van der Waals surface area contributed by atoms with Crippen LogP contribution < -0.4 is 9.46 Å². The van der Waals surface area contributed by atoms with Gasteiger partial charge in [-0.1, -0.05) is 22.0 Å². The van der Waals surface area contributed by atoms with Crippen LogP contribution >= 0.6 is 15.9 Å². The Balaban J connectivity index is 2.27. The fraction of sp³-hybridized carbons (Fsp3) is 0.0769. The summed E-state index contributed by atoms with van der Waals surface area (Å²) in [6.45, 7) is 0. The number of hydrogen-bond acceptors (Lipinski definition) is 3. The second-order valence-corrected chi connectivity index (χ2v) is 6.39. The van der Waals surface area contributed by atoms with Gasteiger partial charge in [0.15, 0.2) is 0 Å². The second kappa shape index (κ2) is 5.63. The molecule has 0 saturated heterocycles. The quantitative estimate of drug-likeness (QED) is 0.928. The van der Waals surface area contributed by atoms with Crippen molar-refractivity contribution in [3.05, 3.63) is 53.0 Å². The maximum Gasteiger partial charge on any atom is 0.261 e. The first-order valence-electron chi connectivity index (χ1n) is 5.44. The zero-order valence-electron chi connectivity index (χ0n) is 10.1. The zero-order valence-corrected chi connectivity index (χ0v) is 12.5. The summed E-state index contributed by atoms with van der Waals surface area (Å²) in [7, 11) is -2.05. The summed E-state index contributed by atoms with van der Waals surface area (Å²) >= 11 is 3.29. The van der Waals surface area contributed by atoms with Gasteiger partial charge in [-0.3, -0.25) is 4.72 Å². The van der Waals surface area contributed by atoms with Gasteiger partial charge in [-0.05, 0) is 42.5 Å². The molecule has 0 atom stereocenters. The topological polar surface area (TPSA) is 55.4 Å². The van der Waals surface area contributed by atoms with Crippen LogP contribution in [0.15, 0.2) is 57.9 Å². The second-order valence-electron chi connectivity index (χ2n) is 3.79. The van der Waals surface area contributed by atoms with Gasteiger partial charge in [-0.25, -0.2) is 8.42 Å².